The number of aromatic nitrogens is 1. The molecule has 0 aliphatic heterocycles. The quantitative estimate of drug-likeness (QED) is 0.871. The SMILES string of the molecule is Cc1ccc(C(=O)NCC(Cl)c2ccccc2)cn1. The molecule has 98 valence electrons. The van der Waals surface area contributed by atoms with Gasteiger partial charge in [-0.25, -0.2) is 0 Å². The molecule has 0 aliphatic carbocycles. The monoisotopic (exact) mass is 274 g/mol. The maximum atomic E-state index is 11.9. The Morgan fingerprint density at radius 3 is 2.63 bits per heavy atom. The van der Waals surface area contributed by atoms with Crippen molar-refractivity contribution in [3.8, 4) is 0 Å². The van der Waals surface area contributed by atoms with E-state index in [4.69, 9.17) is 11.6 Å². The van der Waals surface area contributed by atoms with Crippen LogP contribution < -0.4 is 5.32 Å². The van der Waals surface area contributed by atoms with Crippen LogP contribution in [-0.2, 0) is 0 Å². The lowest BCUT2D eigenvalue weighted by Gasteiger charge is -2.11. The average Bonchev–Trinajstić information content (AvgIpc) is 2.46. The topological polar surface area (TPSA) is 42.0 Å². The van der Waals surface area contributed by atoms with Crippen molar-refractivity contribution in [3.63, 3.8) is 0 Å². The number of aryl methyl sites for hydroxylation is 1. The molecule has 0 saturated heterocycles. The van der Waals surface area contributed by atoms with E-state index < -0.39 is 0 Å². The van der Waals surface area contributed by atoms with Gasteiger partial charge in [-0.3, -0.25) is 9.78 Å². The third kappa shape index (κ3) is 3.80. The first-order valence-electron chi connectivity index (χ1n) is 6.06. The highest BCUT2D eigenvalue weighted by Gasteiger charge is 2.10. The van der Waals surface area contributed by atoms with E-state index in [-0.39, 0.29) is 11.3 Å². The van der Waals surface area contributed by atoms with Crippen molar-refractivity contribution in [2.75, 3.05) is 6.54 Å². The summed E-state index contributed by atoms with van der Waals surface area (Å²) in [6.07, 6.45) is 1.57. The number of rotatable bonds is 4. The summed E-state index contributed by atoms with van der Waals surface area (Å²) >= 11 is 6.23. The van der Waals surface area contributed by atoms with Crippen LogP contribution in [0.5, 0.6) is 0 Å². The second-order valence-corrected chi connectivity index (χ2v) is 4.80. The number of benzene rings is 1. The van der Waals surface area contributed by atoms with E-state index in [1.807, 2.05) is 43.3 Å². The number of carbonyl (C=O) groups excluding carboxylic acids is 1. The van der Waals surface area contributed by atoms with Crippen LogP contribution in [0.1, 0.15) is 27.0 Å². The van der Waals surface area contributed by atoms with Gasteiger partial charge in [0.2, 0.25) is 0 Å². The van der Waals surface area contributed by atoms with E-state index in [0.29, 0.717) is 12.1 Å². The van der Waals surface area contributed by atoms with E-state index in [1.165, 1.54) is 0 Å². The fourth-order valence-electron chi connectivity index (χ4n) is 1.67. The van der Waals surface area contributed by atoms with Crippen molar-refractivity contribution in [2.45, 2.75) is 12.3 Å². The summed E-state index contributed by atoms with van der Waals surface area (Å²) in [5, 5.41) is 2.57. The van der Waals surface area contributed by atoms with Crippen LogP contribution >= 0.6 is 11.6 Å². The Balaban J connectivity index is 1.92. The molecule has 2 aromatic rings. The van der Waals surface area contributed by atoms with Crippen molar-refractivity contribution in [2.24, 2.45) is 0 Å². The Bertz CT molecular complexity index is 540. The molecule has 4 heteroatoms. The summed E-state index contributed by atoms with van der Waals surface area (Å²) in [5.41, 5.74) is 2.42. The first kappa shape index (κ1) is 13.6. The average molecular weight is 275 g/mol. The number of alkyl halides is 1. The van der Waals surface area contributed by atoms with Crippen LogP contribution in [-0.4, -0.2) is 17.4 Å². The molecular formula is C15H15ClN2O. The normalized spacial score (nSPS) is 11.9. The molecule has 0 fully saturated rings. The molecule has 1 amide bonds. The van der Waals surface area contributed by atoms with Gasteiger partial charge in [-0.05, 0) is 24.6 Å². The zero-order chi connectivity index (χ0) is 13.7. The molecule has 2 rings (SSSR count). The molecule has 0 aliphatic rings. The second-order valence-electron chi connectivity index (χ2n) is 4.28. The van der Waals surface area contributed by atoms with Gasteiger partial charge in [0.15, 0.2) is 0 Å². The molecule has 1 atom stereocenters. The van der Waals surface area contributed by atoms with Gasteiger partial charge in [0, 0.05) is 18.4 Å². The van der Waals surface area contributed by atoms with Crippen LogP contribution in [0.15, 0.2) is 48.7 Å². The molecule has 1 N–H and O–H groups in total. The Hall–Kier alpha value is -1.87. The number of halogens is 1. The van der Waals surface area contributed by atoms with Crippen LogP contribution in [0.2, 0.25) is 0 Å². The molecule has 19 heavy (non-hydrogen) atoms. The van der Waals surface area contributed by atoms with Crippen LogP contribution in [0, 0.1) is 6.92 Å². The van der Waals surface area contributed by atoms with Gasteiger partial charge in [0.25, 0.3) is 5.91 Å². The van der Waals surface area contributed by atoms with Gasteiger partial charge >= 0.3 is 0 Å². The van der Waals surface area contributed by atoms with Crippen molar-refractivity contribution in [3.05, 3.63) is 65.5 Å². The molecular weight excluding hydrogens is 260 g/mol. The lowest BCUT2D eigenvalue weighted by Crippen LogP contribution is -2.26. The van der Waals surface area contributed by atoms with Crippen LogP contribution in [0.3, 0.4) is 0 Å². The predicted molar refractivity (Wildman–Crippen MR) is 76.3 cm³/mol. The van der Waals surface area contributed by atoms with E-state index >= 15 is 0 Å². The number of hydrogen-bond acceptors (Lipinski definition) is 2. The number of nitrogens with zero attached hydrogens (tertiary/aromatic N) is 1. The van der Waals surface area contributed by atoms with Crippen LogP contribution in [0.25, 0.3) is 0 Å². The zero-order valence-corrected chi connectivity index (χ0v) is 11.4. The Morgan fingerprint density at radius 1 is 1.26 bits per heavy atom. The van der Waals surface area contributed by atoms with Gasteiger partial charge in [-0.15, -0.1) is 11.6 Å². The molecule has 0 bridgehead atoms. The van der Waals surface area contributed by atoms with Gasteiger partial charge in [-0.2, -0.15) is 0 Å². The number of pyridine rings is 1. The maximum absolute atomic E-state index is 11.9. The van der Waals surface area contributed by atoms with E-state index in [1.54, 1.807) is 12.3 Å². The first-order chi connectivity index (χ1) is 9.16. The van der Waals surface area contributed by atoms with Gasteiger partial charge in [0.05, 0.1) is 10.9 Å². The van der Waals surface area contributed by atoms with E-state index in [9.17, 15) is 4.79 Å². The predicted octanol–water partition coefficient (Wildman–Crippen LogP) is 3.10. The highest BCUT2D eigenvalue weighted by atomic mass is 35.5. The van der Waals surface area contributed by atoms with E-state index in [2.05, 4.69) is 10.3 Å². The smallest absolute Gasteiger partial charge is 0.252 e. The number of hydrogen-bond donors (Lipinski definition) is 1. The van der Waals surface area contributed by atoms with Gasteiger partial charge in [-0.1, -0.05) is 30.3 Å². The number of carbonyl (C=O) groups is 1. The van der Waals surface area contributed by atoms with Gasteiger partial charge in [0.1, 0.15) is 0 Å². The van der Waals surface area contributed by atoms with Crippen molar-refractivity contribution < 1.29 is 4.79 Å². The third-order valence-electron chi connectivity index (χ3n) is 2.78. The lowest BCUT2D eigenvalue weighted by molar-refractivity contribution is 0.0953. The summed E-state index contributed by atoms with van der Waals surface area (Å²) < 4.78 is 0. The van der Waals surface area contributed by atoms with Gasteiger partial charge < -0.3 is 5.32 Å². The number of nitrogens with one attached hydrogen (secondary N) is 1. The molecule has 3 nitrogen and oxygen atoms in total. The highest BCUT2D eigenvalue weighted by Crippen LogP contribution is 2.18. The summed E-state index contributed by atoms with van der Waals surface area (Å²) in [5.74, 6) is -0.158. The Kier molecular flexibility index (Phi) is 4.53. The standard InChI is InChI=1S/C15H15ClN2O/c1-11-7-8-13(9-17-11)15(19)18-10-14(16)12-5-3-2-4-6-12/h2-9,14H,10H2,1H3,(H,18,19). The fourth-order valence-corrected chi connectivity index (χ4v) is 1.89. The minimum atomic E-state index is -0.233. The summed E-state index contributed by atoms with van der Waals surface area (Å²) in [4.78, 5) is 16.0. The van der Waals surface area contributed by atoms with E-state index in [0.717, 1.165) is 11.3 Å². The van der Waals surface area contributed by atoms with Crippen LogP contribution in [0.4, 0.5) is 0 Å². The minimum absolute atomic E-state index is 0.158. The minimum Gasteiger partial charge on any atom is -0.350 e. The summed E-state index contributed by atoms with van der Waals surface area (Å²) in [7, 11) is 0. The lowest BCUT2D eigenvalue weighted by atomic mass is 10.1. The maximum Gasteiger partial charge on any atom is 0.252 e. The van der Waals surface area contributed by atoms with Crippen molar-refractivity contribution in [1.82, 2.24) is 10.3 Å². The number of amides is 1. The highest BCUT2D eigenvalue weighted by molar-refractivity contribution is 6.21. The Morgan fingerprint density at radius 2 is 2.00 bits per heavy atom. The molecule has 0 saturated carbocycles. The molecule has 1 aromatic carbocycles. The van der Waals surface area contributed by atoms with Crippen molar-refractivity contribution >= 4 is 17.5 Å². The summed E-state index contributed by atoms with van der Waals surface area (Å²) in [6, 6.07) is 13.2. The zero-order valence-electron chi connectivity index (χ0n) is 10.6. The largest absolute Gasteiger partial charge is 0.350 e. The third-order valence-corrected chi connectivity index (χ3v) is 3.18. The molecule has 0 spiro atoms. The second kappa shape index (κ2) is 6.34. The molecule has 0 radical (unpaired) electrons. The fraction of sp³-hybridized carbons (Fsp3) is 0.200. The molecule has 1 aromatic heterocycles. The molecule has 1 unspecified atom stereocenters. The Labute approximate surface area is 117 Å². The van der Waals surface area contributed by atoms with Crippen molar-refractivity contribution in [1.29, 1.82) is 0 Å². The molecule has 1 heterocycles. The first-order valence-corrected chi connectivity index (χ1v) is 6.50. The summed E-state index contributed by atoms with van der Waals surface area (Å²) in [6.45, 7) is 2.27.